The minimum absolute atomic E-state index is 0.184. The second-order valence-corrected chi connectivity index (χ2v) is 5.48. The number of pyridine rings is 1. The number of fused-ring (bicyclic) bond motifs is 1. The van der Waals surface area contributed by atoms with Crippen LogP contribution >= 0.6 is 0 Å². The fourth-order valence-corrected chi connectivity index (χ4v) is 1.67. The van der Waals surface area contributed by atoms with E-state index in [-0.39, 0.29) is 12.5 Å². The van der Waals surface area contributed by atoms with E-state index in [0.29, 0.717) is 5.95 Å². The van der Waals surface area contributed by atoms with E-state index in [2.05, 4.69) is 15.6 Å². The van der Waals surface area contributed by atoms with Crippen molar-refractivity contribution in [2.45, 2.75) is 26.4 Å². The van der Waals surface area contributed by atoms with E-state index in [9.17, 15) is 9.59 Å². The van der Waals surface area contributed by atoms with Crippen LogP contribution in [0, 0.1) is 0 Å². The molecule has 2 aromatic rings. The highest BCUT2D eigenvalue weighted by atomic mass is 16.6. The first-order valence-electron chi connectivity index (χ1n) is 6.54. The molecule has 7 nitrogen and oxygen atoms in total. The van der Waals surface area contributed by atoms with Gasteiger partial charge in [0.05, 0.1) is 11.7 Å². The van der Waals surface area contributed by atoms with Crippen molar-refractivity contribution in [2.24, 2.45) is 0 Å². The standard InChI is InChI=1S/C14H18N4O3/c1-14(2,3)21-13(20)16-9-11(19)17-12-15-8-10-6-4-5-7-18(10)12/h4-8H,9H2,1-3H3,(H,16,20)(H,15,17,19). The fourth-order valence-electron chi connectivity index (χ4n) is 1.67. The molecule has 0 radical (unpaired) electrons. The average molecular weight is 290 g/mol. The summed E-state index contributed by atoms with van der Waals surface area (Å²) in [6.07, 6.45) is 2.81. The summed E-state index contributed by atoms with van der Waals surface area (Å²) >= 11 is 0. The highest BCUT2D eigenvalue weighted by Gasteiger charge is 2.17. The first-order valence-corrected chi connectivity index (χ1v) is 6.54. The van der Waals surface area contributed by atoms with Crippen LogP contribution in [0.3, 0.4) is 0 Å². The summed E-state index contributed by atoms with van der Waals surface area (Å²) < 4.78 is 6.78. The van der Waals surface area contributed by atoms with Crippen LogP contribution in [-0.4, -0.2) is 33.5 Å². The topological polar surface area (TPSA) is 84.7 Å². The molecule has 2 amide bonds. The zero-order chi connectivity index (χ0) is 15.5. The first-order chi connectivity index (χ1) is 9.85. The van der Waals surface area contributed by atoms with E-state index >= 15 is 0 Å². The van der Waals surface area contributed by atoms with Gasteiger partial charge >= 0.3 is 6.09 Å². The number of hydrogen-bond acceptors (Lipinski definition) is 4. The van der Waals surface area contributed by atoms with Gasteiger partial charge in [0.15, 0.2) is 0 Å². The smallest absolute Gasteiger partial charge is 0.408 e. The molecule has 0 aliphatic rings. The van der Waals surface area contributed by atoms with Crippen LogP contribution in [0.25, 0.3) is 5.52 Å². The number of rotatable bonds is 3. The van der Waals surface area contributed by atoms with Crippen molar-refractivity contribution in [1.82, 2.24) is 14.7 Å². The van der Waals surface area contributed by atoms with Crippen LogP contribution in [0.2, 0.25) is 0 Å². The summed E-state index contributed by atoms with van der Waals surface area (Å²) in [7, 11) is 0. The molecular formula is C14H18N4O3. The summed E-state index contributed by atoms with van der Waals surface area (Å²) in [5.41, 5.74) is 0.271. The lowest BCUT2D eigenvalue weighted by atomic mass is 10.2. The lowest BCUT2D eigenvalue weighted by molar-refractivity contribution is -0.115. The number of nitrogens with one attached hydrogen (secondary N) is 2. The zero-order valence-corrected chi connectivity index (χ0v) is 12.2. The van der Waals surface area contributed by atoms with Crippen molar-refractivity contribution in [1.29, 1.82) is 0 Å². The SMILES string of the molecule is CC(C)(C)OC(=O)NCC(=O)Nc1ncc2ccccn12. The largest absolute Gasteiger partial charge is 0.444 e. The highest BCUT2D eigenvalue weighted by molar-refractivity contribution is 5.92. The van der Waals surface area contributed by atoms with Crippen molar-refractivity contribution in [3.05, 3.63) is 30.6 Å². The van der Waals surface area contributed by atoms with Crippen molar-refractivity contribution in [2.75, 3.05) is 11.9 Å². The molecule has 2 heterocycles. The molecule has 0 atom stereocenters. The highest BCUT2D eigenvalue weighted by Crippen LogP contribution is 2.10. The van der Waals surface area contributed by atoms with Crippen LogP contribution in [0.4, 0.5) is 10.7 Å². The van der Waals surface area contributed by atoms with Gasteiger partial charge in [-0.25, -0.2) is 9.78 Å². The number of hydrogen-bond donors (Lipinski definition) is 2. The maximum atomic E-state index is 11.8. The molecule has 0 saturated heterocycles. The van der Waals surface area contributed by atoms with E-state index in [4.69, 9.17) is 4.74 Å². The van der Waals surface area contributed by atoms with Gasteiger partial charge in [0.2, 0.25) is 11.9 Å². The van der Waals surface area contributed by atoms with Gasteiger partial charge in [0.25, 0.3) is 0 Å². The van der Waals surface area contributed by atoms with E-state index in [1.54, 1.807) is 37.6 Å². The number of carbonyl (C=O) groups is 2. The lowest BCUT2D eigenvalue weighted by Gasteiger charge is -2.19. The molecule has 21 heavy (non-hydrogen) atoms. The maximum Gasteiger partial charge on any atom is 0.408 e. The number of anilines is 1. The molecule has 0 saturated carbocycles. The molecule has 7 heteroatoms. The molecule has 112 valence electrons. The Bertz CT molecular complexity index is 658. The number of aromatic nitrogens is 2. The van der Waals surface area contributed by atoms with Gasteiger partial charge in [0.1, 0.15) is 12.1 Å². The van der Waals surface area contributed by atoms with Crippen LogP contribution in [0.5, 0.6) is 0 Å². The Balaban J connectivity index is 1.89. The number of nitrogens with zero attached hydrogens (tertiary/aromatic N) is 2. The molecule has 0 aliphatic heterocycles. The van der Waals surface area contributed by atoms with Crippen LogP contribution in [0.1, 0.15) is 20.8 Å². The number of carbonyl (C=O) groups excluding carboxylic acids is 2. The average Bonchev–Trinajstić information content (AvgIpc) is 2.78. The van der Waals surface area contributed by atoms with Gasteiger partial charge in [-0.3, -0.25) is 14.5 Å². The molecule has 2 N–H and O–H groups in total. The minimum Gasteiger partial charge on any atom is -0.444 e. The monoisotopic (exact) mass is 290 g/mol. The van der Waals surface area contributed by atoms with Crippen molar-refractivity contribution >= 4 is 23.5 Å². The summed E-state index contributed by atoms with van der Waals surface area (Å²) in [5, 5.41) is 5.01. The summed E-state index contributed by atoms with van der Waals surface area (Å²) in [5.74, 6) is 0.0267. The fraction of sp³-hybridized carbons (Fsp3) is 0.357. The van der Waals surface area contributed by atoms with Gasteiger partial charge < -0.3 is 10.1 Å². The Hall–Kier alpha value is -2.57. The predicted molar refractivity (Wildman–Crippen MR) is 78.1 cm³/mol. The third kappa shape index (κ3) is 4.20. The quantitative estimate of drug-likeness (QED) is 0.902. The summed E-state index contributed by atoms with van der Waals surface area (Å²) in [6.45, 7) is 5.08. The zero-order valence-electron chi connectivity index (χ0n) is 12.2. The summed E-state index contributed by atoms with van der Waals surface area (Å²) in [6, 6.07) is 5.59. The molecule has 0 spiro atoms. The van der Waals surface area contributed by atoms with E-state index in [0.717, 1.165) is 5.52 Å². The minimum atomic E-state index is -0.634. The van der Waals surface area contributed by atoms with Crippen LogP contribution in [-0.2, 0) is 9.53 Å². The third-order valence-electron chi connectivity index (χ3n) is 2.48. The van der Waals surface area contributed by atoms with Crippen LogP contribution in [0.15, 0.2) is 30.6 Å². The number of imidazole rings is 1. The molecule has 2 aromatic heterocycles. The molecular weight excluding hydrogens is 272 g/mol. The van der Waals surface area contributed by atoms with Gasteiger partial charge in [-0.15, -0.1) is 0 Å². The van der Waals surface area contributed by atoms with Crippen molar-refractivity contribution in [3.8, 4) is 0 Å². The van der Waals surface area contributed by atoms with Crippen molar-refractivity contribution in [3.63, 3.8) is 0 Å². The third-order valence-corrected chi connectivity index (χ3v) is 2.48. The molecule has 0 aromatic carbocycles. The number of amides is 2. The summed E-state index contributed by atoms with van der Waals surface area (Å²) in [4.78, 5) is 27.3. The van der Waals surface area contributed by atoms with Gasteiger partial charge in [-0.1, -0.05) is 6.07 Å². The molecule has 0 bridgehead atoms. The van der Waals surface area contributed by atoms with Gasteiger partial charge in [-0.2, -0.15) is 0 Å². The van der Waals surface area contributed by atoms with E-state index < -0.39 is 11.7 Å². The Morgan fingerprint density at radius 1 is 1.33 bits per heavy atom. The maximum absolute atomic E-state index is 11.8. The molecule has 2 rings (SSSR count). The van der Waals surface area contributed by atoms with E-state index in [1.165, 1.54) is 0 Å². The Kier molecular flexibility index (Phi) is 4.11. The Morgan fingerprint density at radius 2 is 2.10 bits per heavy atom. The Labute approximate surface area is 122 Å². The number of ether oxygens (including phenoxy) is 1. The molecule has 0 aliphatic carbocycles. The second kappa shape index (κ2) is 5.82. The van der Waals surface area contributed by atoms with Gasteiger partial charge in [0, 0.05) is 6.20 Å². The molecule has 0 unspecified atom stereocenters. The Morgan fingerprint density at radius 3 is 2.81 bits per heavy atom. The first kappa shape index (κ1) is 14.8. The molecule has 0 fully saturated rings. The van der Waals surface area contributed by atoms with Crippen molar-refractivity contribution < 1.29 is 14.3 Å². The second-order valence-electron chi connectivity index (χ2n) is 5.48. The number of alkyl carbamates (subject to hydrolysis) is 1. The van der Waals surface area contributed by atoms with Crippen LogP contribution < -0.4 is 10.6 Å². The van der Waals surface area contributed by atoms with E-state index in [1.807, 2.05) is 18.2 Å². The predicted octanol–water partition coefficient (Wildman–Crippen LogP) is 1.80. The normalized spacial score (nSPS) is 11.2. The van der Waals surface area contributed by atoms with Gasteiger partial charge in [-0.05, 0) is 32.9 Å². The lowest BCUT2D eigenvalue weighted by Crippen LogP contribution is -2.37.